The third-order valence-corrected chi connectivity index (χ3v) is 3.16. The minimum Gasteiger partial charge on any atom is -0.299 e. The number of carbonyl (C=O) groups is 2. The number of benzene rings is 1. The van der Waals surface area contributed by atoms with Crippen LogP contribution in [0.1, 0.15) is 25.3 Å². The topological polar surface area (TPSA) is 120 Å². The molecule has 8 nitrogen and oxygen atoms in total. The highest BCUT2D eigenvalue weighted by atomic mass is 16.6. The van der Waals surface area contributed by atoms with Crippen LogP contribution in [0.3, 0.4) is 0 Å². The molecule has 0 aliphatic rings. The summed E-state index contributed by atoms with van der Waals surface area (Å²) in [6, 6.07) is 5.07. The fourth-order valence-corrected chi connectivity index (χ4v) is 2.26. The summed E-state index contributed by atoms with van der Waals surface area (Å²) >= 11 is 0. The first-order valence-electron chi connectivity index (χ1n) is 6.11. The molecule has 21 heavy (non-hydrogen) atoms. The van der Waals surface area contributed by atoms with E-state index in [2.05, 4.69) is 0 Å². The lowest BCUT2D eigenvalue weighted by atomic mass is 9.81. The largest absolute Gasteiger partial charge is 0.299 e. The van der Waals surface area contributed by atoms with Crippen LogP contribution in [0.5, 0.6) is 0 Å². The maximum absolute atomic E-state index is 11.6. The number of Topliss-reactive ketones (excluding diaryl/α,β-unsaturated/α-hetero) is 2. The maximum Gasteiger partial charge on any atom is 0.269 e. The van der Waals surface area contributed by atoms with E-state index in [9.17, 15) is 29.8 Å². The van der Waals surface area contributed by atoms with Crippen molar-refractivity contribution < 1.29 is 19.4 Å². The molecular weight excluding hydrogens is 280 g/mol. The second-order valence-electron chi connectivity index (χ2n) is 4.67. The highest BCUT2D eigenvalue weighted by Crippen LogP contribution is 2.28. The average Bonchev–Trinajstić information content (AvgIpc) is 2.36. The van der Waals surface area contributed by atoms with Gasteiger partial charge >= 0.3 is 0 Å². The zero-order valence-corrected chi connectivity index (χ0v) is 11.5. The molecule has 0 aromatic heterocycles. The van der Waals surface area contributed by atoms with Crippen LogP contribution >= 0.6 is 0 Å². The highest BCUT2D eigenvalue weighted by molar-refractivity contribution is 6.01. The van der Waals surface area contributed by atoms with Gasteiger partial charge in [0, 0.05) is 17.1 Å². The zero-order chi connectivity index (χ0) is 16.2. The third kappa shape index (κ3) is 4.16. The van der Waals surface area contributed by atoms with Crippen LogP contribution in [0.15, 0.2) is 24.3 Å². The van der Waals surface area contributed by atoms with E-state index in [4.69, 9.17) is 0 Å². The van der Waals surface area contributed by atoms with E-state index in [0.29, 0.717) is 5.56 Å². The Morgan fingerprint density at radius 3 is 1.86 bits per heavy atom. The Balaban J connectivity index is 3.23. The van der Waals surface area contributed by atoms with Crippen molar-refractivity contribution in [3.63, 3.8) is 0 Å². The minimum absolute atomic E-state index is 0.166. The summed E-state index contributed by atoms with van der Waals surface area (Å²) < 4.78 is 0. The molecule has 0 bridgehead atoms. The van der Waals surface area contributed by atoms with Gasteiger partial charge in [0.1, 0.15) is 11.6 Å². The fourth-order valence-electron chi connectivity index (χ4n) is 2.26. The van der Waals surface area contributed by atoms with Gasteiger partial charge in [-0.1, -0.05) is 12.1 Å². The van der Waals surface area contributed by atoms with Gasteiger partial charge in [0.05, 0.1) is 16.8 Å². The summed E-state index contributed by atoms with van der Waals surface area (Å²) in [5.41, 5.74) is 0.188. The van der Waals surface area contributed by atoms with Crippen LogP contribution in [-0.2, 0) is 9.59 Å². The van der Waals surface area contributed by atoms with Gasteiger partial charge in [-0.25, -0.2) is 0 Å². The normalized spacial score (nSPS) is 12.0. The van der Waals surface area contributed by atoms with E-state index < -0.39 is 39.8 Å². The first kappa shape index (κ1) is 16.4. The van der Waals surface area contributed by atoms with Crippen LogP contribution in [0.2, 0.25) is 0 Å². The van der Waals surface area contributed by atoms with Crippen molar-refractivity contribution in [2.75, 3.05) is 6.54 Å². The van der Waals surface area contributed by atoms with Gasteiger partial charge in [-0.3, -0.25) is 29.8 Å². The number of carbonyl (C=O) groups excluding carboxylic acids is 2. The van der Waals surface area contributed by atoms with E-state index >= 15 is 0 Å². The number of ketones is 2. The molecule has 0 fully saturated rings. The predicted octanol–water partition coefficient (Wildman–Crippen LogP) is 1.75. The van der Waals surface area contributed by atoms with Crippen molar-refractivity contribution in [1.82, 2.24) is 0 Å². The summed E-state index contributed by atoms with van der Waals surface area (Å²) in [6.07, 6.45) is 0. The molecule has 1 rings (SSSR count). The third-order valence-electron chi connectivity index (χ3n) is 3.16. The van der Waals surface area contributed by atoms with Gasteiger partial charge in [-0.2, -0.15) is 0 Å². The molecule has 0 N–H and O–H groups in total. The first-order chi connectivity index (χ1) is 9.73. The van der Waals surface area contributed by atoms with Crippen molar-refractivity contribution in [2.45, 2.75) is 19.8 Å². The highest BCUT2D eigenvalue weighted by Gasteiger charge is 2.34. The van der Waals surface area contributed by atoms with Crippen molar-refractivity contribution in [1.29, 1.82) is 0 Å². The summed E-state index contributed by atoms with van der Waals surface area (Å²) in [4.78, 5) is 43.4. The molecule has 112 valence electrons. The molecule has 0 spiro atoms. The Labute approximate surface area is 120 Å². The molecule has 1 unspecified atom stereocenters. The lowest BCUT2D eigenvalue weighted by Gasteiger charge is -2.20. The van der Waals surface area contributed by atoms with Gasteiger partial charge in [0.25, 0.3) is 5.69 Å². The molecular formula is C13H14N2O6. The van der Waals surface area contributed by atoms with Gasteiger partial charge < -0.3 is 0 Å². The molecule has 8 heteroatoms. The molecule has 1 aromatic carbocycles. The summed E-state index contributed by atoms with van der Waals surface area (Å²) in [7, 11) is 0. The van der Waals surface area contributed by atoms with Crippen molar-refractivity contribution in [3.8, 4) is 0 Å². The van der Waals surface area contributed by atoms with Crippen molar-refractivity contribution in [2.24, 2.45) is 5.92 Å². The molecule has 0 amide bonds. The van der Waals surface area contributed by atoms with Gasteiger partial charge in [-0.15, -0.1) is 0 Å². The van der Waals surface area contributed by atoms with Crippen LogP contribution in [0.25, 0.3) is 0 Å². The number of non-ortho nitro benzene ring substituents is 1. The van der Waals surface area contributed by atoms with Crippen LogP contribution in [0.4, 0.5) is 5.69 Å². The number of nitro groups is 2. The fraction of sp³-hybridized carbons (Fsp3) is 0.385. The predicted molar refractivity (Wildman–Crippen MR) is 72.6 cm³/mol. The molecule has 0 saturated carbocycles. The van der Waals surface area contributed by atoms with Gasteiger partial charge in [0.2, 0.25) is 6.54 Å². The Morgan fingerprint density at radius 2 is 1.52 bits per heavy atom. The van der Waals surface area contributed by atoms with E-state index in [0.717, 1.165) is 0 Å². The Morgan fingerprint density at radius 1 is 1.05 bits per heavy atom. The van der Waals surface area contributed by atoms with Gasteiger partial charge in [0.15, 0.2) is 0 Å². The monoisotopic (exact) mass is 294 g/mol. The average molecular weight is 294 g/mol. The minimum atomic E-state index is -1.13. The van der Waals surface area contributed by atoms with E-state index in [1.165, 1.54) is 38.1 Å². The number of rotatable bonds is 7. The van der Waals surface area contributed by atoms with E-state index in [1.807, 2.05) is 0 Å². The second kappa shape index (κ2) is 6.69. The number of nitrogens with zero attached hydrogens (tertiary/aromatic N) is 2. The number of hydrogen-bond acceptors (Lipinski definition) is 6. The lowest BCUT2D eigenvalue weighted by molar-refractivity contribution is -0.484. The summed E-state index contributed by atoms with van der Waals surface area (Å²) in [5.74, 6) is -2.99. The number of hydrogen-bond donors (Lipinski definition) is 0. The SMILES string of the molecule is CC(=O)C(C(C)=O)C(C[N+](=O)[O-])c1ccc([N+](=O)[O-])cc1. The molecule has 1 aromatic rings. The van der Waals surface area contributed by atoms with E-state index in [-0.39, 0.29) is 5.69 Å². The molecule has 1 atom stereocenters. The van der Waals surface area contributed by atoms with E-state index in [1.54, 1.807) is 0 Å². The van der Waals surface area contributed by atoms with Crippen LogP contribution in [0, 0.1) is 26.1 Å². The molecule has 0 saturated heterocycles. The van der Waals surface area contributed by atoms with Crippen molar-refractivity contribution >= 4 is 17.3 Å². The molecule has 0 radical (unpaired) electrons. The smallest absolute Gasteiger partial charge is 0.269 e. The number of nitro benzene ring substituents is 1. The van der Waals surface area contributed by atoms with Gasteiger partial charge in [-0.05, 0) is 19.4 Å². The molecule has 0 heterocycles. The summed E-state index contributed by atoms with van der Waals surface area (Å²) in [6.45, 7) is 1.80. The van der Waals surface area contributed by atoms with Crippen LogP contribution < -0.4 is 0 Å². The standard InChI is InChI=1S/C13H14N2O6/c1-8(16)13(9(2)17)12(7-14(18)19)10-3-5-11(6-4-10)15(20)21/h3-6,12-13H,7H2,1-2H3. The Kier molecular flexibility index (Phi) is 5.23. The van der Waals surface area contributed by atoms with Crippen molar-refractivity contribution in [3.05, 3.63) is 50.1 Å². The van der Waals surface area contributed by atoms with Crippen LogP contribution in [-0.4, -0.2) is 28.0 Å². The lowest BCUT2D eigenvalue weighted by Crippen LogP contribution is -2.31. The second-order valence-corrected chi connectivity index (χ2v) is 4.67. The summed E-state index contributed by atoms with van der Waals surface area (Å²) in [5, 5.41) is 21.4. The Hall–Kier alpha value is -2.64. The molecule has 0 aliphatic carbocycles. The first-order valence-corrected chi connectivity index (χ1v) is 6.11. The Bertz CT molecular complexity index is 567. The quantitative estimate of drug-likeness (QED) is 0.429. The zero-order valence-electron chi connectivity index (χ0n) is 11.5. The maximum atomic E-state index is 11.6. The molecule has 0 aliphatic heterocycles.